The number of para-hydroxylation sites is 2. The predicted molar refractivity (Wildman–Crippen MR) is 129 cm³/mol. The SMILES string of the molecule is CC1(C)CC(=O)C2=C(C1)Nc1ccccc1N(CC(=O)NCCc1cnc[nH]1)[C@H]2c1ccco1. The number of anilines is 2. The molecule has 1 amide bonds. The van der Waals surface area contributed by atoms with E-state index in [4.69, 9.17) is 4.42 Å². The van der Waals surface area contributed by atoms with Crippen LogP contribution in [0.1, 0.15) is 44.2 Å². The average molecular weight is 460 g/mol. The molecule has 0 spiro atoms. The molecule has 0 fully saturated rings. The minimum absolute atomic E-state index is 0.0811. The number of aromatic amines is 1. The molecule has 8 nitrogen and oxygen atoms in total. The van der Waals surface area contributed by atoms with Crippen molar-refractivity contribution in [3.8, 4) is 0 Å². The topological polar surface area (TPSA) is 103 Å². The number of amides is 1. The Labute approximate surface area is 198 Å². The summed E-state index contributed by atoms with van der Waals surface area (Å²) in [4.78, 5) is 35.6. The van der Waals surface area contributed by atoms with Crippen molar-refractivity contribution in [1.82, 2.24) is 15.3 Å². The molecule has 1 aromatic carbocycles. The van der Waals surface area contributed by atoms with E-state index in [-0.39, 0.29) is 23.7 Å². The van der Waals surface area contributed by atoms with E-state index in [0.717, 1.165) is 29.2 Å². The van der Waals surface area contributed by atoms with Crippen LogP contribution in [0.5, 0.6) is 0 Å². The van der Waals surface area contributed by atoms with Crippen molar-refractivity contribution in [2.75, 3.05) is 23.3 Å². The molecule has 0 unspecified atom stereocenters. The van der Waals surface area contributed by atoms with E-state index in [2.05, 4.69) is 34.4 Å². The molecule has 1 aliphatic carbocycles. The molecule has 0 radical (unpaired) electrons. The van der Waals surface area contributed by atoms with Crippen molar-refractivity contribution in [2.24, 2.45) is 5.41 Å². The number of rotatable bonds is 6. The Hall–Kier alpha value is -3.81. The molecular weight excluding hydrogens is 430 g/mol. The quantitative estimate of drug-likeness (QED) is 0.515. The Morgan fingerprint density at radius 2 is 2.09 bits per heavy atom. The molecule has 3 aromatic rings. The van der Waals surface area contributed by atoms with Crippen molar-refractivity contribution in [3.63, 3.8) is 0 Å². The molecule has 1 aliphatic heterocycles. The van der Waals surface area contributed by atoms with Gasteiger partial charge in [0.25, 0.3) is 0 Å². The molecule has 0 bridgehead atoms. The van der Waals surface area contributed by atoms with Gasteiger partial charge in [0.15, 0.2) is 5.78 Å². The molecule has 1 atom stereocenters. The first-order valence-corrected chi connectivity index (χ1v) is 11.6. The van der Waals surface area contributed by atoms with Crippen LogP contribution in [0.2, 0.25) is 0 Å². The summed E-state index contributed by atoms with van der Waals surface area (Å²) in [5, 5.41) is 6.54. The molecule has 0 saturated carbocycles. The number of H-pyrrole nitrogens is 1. The van der Waals surface area contributed by atoms with Gasteiger partial charge < -0.3 is 24.9 Å². The second kappa shape index (κ2) is 8.85. The van der Waals surface area contributed by atoms with E-state index < -0.39 is 6.04 Å². The Bertz CT molecular complexity index is 1210. The molecule has 3 heterocycles. The number of imidazole rings is 1. The second-order valence-electron chi connectivity index (χ2n) is 9.70. The van der Waals surface area contributed by atoms with Gasteiger partial charge >= 0.3 is 0 Å². The van der Waals surface area contributed by atoms with Crippen LogP contribution in [0.15, 0.2) is 70.9 Å². The third-order valence-electron chi connectivity index (χ3n) is 6.40. The van der Waals surface area contributed by atoms with Crippen LogP contribution in [0.3, 0.4) is 0 Å². The summed E-state index contributed by atoms with van der Waals surface area (Å²) in [6, 6.07) is 11.1. The fraction of sp³-hybridized carbons (Fsp3) is 0.346. The van der Waals surface area contributed by atoms with E-state index in [1.807, 2.05) is 41.3 Å². The van der Waals surface area contributed by atoms with Crippen LogP contribution in [0.4, 0.5) is 11.4 Å². The number of aromatic nitrogens is 2. The lowest BCUT2D eigenvalue weighted by molar-refractivity contribution is -0.120. The number of carbonyl (C=O) groups is 2. The average Bonchev–Trinajstić information content (AvgIpc) is 3.47. The predicted octanol–water partition coefficient (Wildman–Crippen LogP) is 3.98. The fourth-order valence-corrected chi connectivity index (χ4v) is 4.94. The van der Waals surface area contributed by atoms with Gasteiger partial charge in [-0.1, -0.05) is 26.0 Å². The highest BCUT2D eigenvalue weighted by Crippen LogP contribution is 2.48. The van der Waals surface area contributed by atoms with E-state index >= 15 is 0 Å². The number of nitrogens with zero attached hydrogens (tertiary/aromatic N) is 2. The van der Waals surface area contributed by atoms with Gasteiger partial charge in [-0.15, -0.1) is 0 Å². The normalized spacial score (nSPS) is 19.2. The maximum Gasteiger partial charge on any atom is 0.239 e. The van der Waals surface area contributed by atoms with Gasteiger partial charge in [-0.2, -0.15) is 0 Å². The van der Waals surface area contributed by atoms with E-state index in [1.54, 1.807) is 18.8 Å². The molecule has 176 valence electrons. The number of Topliss-reactive ketones (excluding diaryl/α,β-unsaturated/α-hetero) is 1. The monoisotopic (exact) mass is 459 g/mol. The lowest BCUT2D eigenvalue weighted by Crippen LogP contribution is -2.42. The summed E-state index contributed by atoms with van der Waals surface area (Å²) < 4.78 is 5.84. The van der Waals surface area contributed by atoms with Gasteiger partial charge in [-0.3, -0.25) is 9.59 Å². The molecule has 2 aliphatic rings. The molecule has 2 aromatic heterocycles. The summed E-state index contributed by atoms with van der Waals surface area (Å²) in [5.41, 5.74) is 4.12. The lowest BCUT2D eigenvalue weighted by atomic mass is 9.74. The summed E-state index contributed by atoms with van der Waals surface area (Å²) in [7, 11) is 0. The number of nitrogens with one attached hydrogen (secondary N) is 3. The number of ketones is 1. The summed E-state index contributed by atoms with van der Waals surface area (Å²) in [6.45, 7) is 4.79. The highest BCUT2D eigenvalue weighted by molar-refractivity contribution is 6.01. The first-order chi connectivity index (χ1) is 16.4. The highest BCUT2D eigenvalue weighted by atomic mass is 16.3. The zero-order valence-electron chi connectivity index (χ0n) is 19.4. The number of fused-ring (bicyclic) bond motifs is 1. The van der Waals surface area contributed by atoms with Crippen molar-refractivity contribution in [2.45, 2.75) is 39.2 Å². The Morgan fingerprint density at radius 3 is 2.85 bits per heavy atom. The van der Waals surface area contributed by atoms with Crippen molar-refractivity contribution < 1.29 is 14.0 Å². The van der Waals surface area contributed by atoms with Crippen molar-refractivity contribution in [1.29, 1.82) is 0 Å². The largest absolute Gasteiger partial charge is 0.467 e. The minimum atomic E-state index is -0.497. The van der Waals surface area contributed by atoms with E-state index in [0.29, 0.717) is 30.7 Å². The summed E-state index contributed by atoms with van der Waals surface area (Å²) >= 11 is 0. The van der Waals surface area contributed by atoms with Crippen molar-refractivity contribution >= 4 is 23.1 Å². The number of furan rings is 1. The molecule has 5 rings (SSSR count). The van der Waals surface area contributed by atoms with Crippen LogP contribution >= 0.6 is 0 Å². The molecule has 3 N–H and O–H groups in total. The number of hydrogen-bond donors (Lipinski definition) is 3. The Kier molecular flexibility index (Phi) is 5.73. The zero-order chi connectivity index (χ0) is 23.7. The van der Waals surface area contributed by atoms with Crippen molar-refractivity contribution in [3.05, 3.63) is 77.9 Å². The smallest absolute Gasteiger partial charge is 0.239 e. The molecule has 0 saturated heterocycles. The minimum Gasteiger partial charge on any atom is -0.467 e. The van der Waals surface area contributed by atoms with Crippen LogP contribution < -0.4 is 15.5 Å². The van der Waals surface area contributed by atoms with Gasteiger partial charge in [0, 0.05) is 42.5 Å². The van der Waals surface area contributed by atoms with Crippen LogP contribution in [0, 0.1) is 5.41 Å². The summed E-state index contributed by atoms with van der Waals surface area (Å²) in [5.74, 6) is 0.598. The number of carbonyl (C=O) groups excluding carboxylic acids is 2. The lowest BCUT2D eigenvalue weighted by Gasteiger charge is -2.36. The van der Waals surface area contributed by atoms with Gasteiger partial charge in [0.05, 0.1) is 30.5 Å². The second-order valence-corrected chi connectivity index (χ2v) is 9.70. The number of allylic oxidation sites excluding steroid dienone is 1. The maximum absolute atomic E-state index is 13.5. The zero-order valence-corrected chi connectivity index (χ0v) is 19.4. The van der Waals surface area contributed by atoms with E-state index in [1.165, 1.54) is 0 Å². The van der Waals surface area contributed by atoms with Crippen LogP contribution in [0.25, 0.3) is 0 Å². The van der Waals surface area contributed by atoms with Crippen LogP contribution in [-0.2, 0) is 16.0 Å². The van der Waals surface area contributed by atoms with Crippen LogP contribution in [-0.4, -0.2) is 34.7 Å². The third kappa shape index (κ3) is 4.35. The Morgan fingerprint density at radius 1 is 1.24 bits per heavy atom. The first kappa shape index (κ1) is 22.0. The number of hydrogen-bond acceptors (Lipinski definition) is 6. The third-order valence-corrected chi connectivity index (χ3v) is 6.40. The molecular formula is C26H29N5O3. The van der Waals surface area contributed by atoms with Gasteiger partial charge in [-0.25, -0.2) is 4.98 Å². The van der Waals surface area contributed by atoms with E-state index in [9.17, 15) is 9.59 Å². The first-order valence-electron chi connectivity index (χ1n) is 11.6. The maximum atomic E-state index is 13.5. The summed E-state index contributed by atoms with van der Waals surface area (Å²) in [6.07, 6.45) is 6.84. The molecule has 8 heteroatoms. The van der Waals surface area contributed by atoms with Gasteiger partial charge in [-0.05, 0) is 36.1 Å². The molecule has 34 heavy (non-hydrogen) atoms. The number of benzene rings is 1. The van der Waals surface area contributed by atoms with Gasteiger partial charge in [0.2, 0.25) is 5.91 Å². The standard InChI is InChI=1S/C26H29N5O3/c1-26(2)12-19-24(21(32)13-26)25(22-8-5-11-34-22)31(20-7-4-3-6-18(20)30-19)15-23(33)28-10-9-17-14-27-16-29-17/h3-8,11,14,16,25,30H,9-10,12-13,15H2,1-2H3,(H,27,29)(H,28,33)/t25-/m0/s1. The van der Waals surface area contributed by atoms with Gasteiger partial charge in [0.1, 0.15) is 11.8 Å². The fourth-order valence-electron chi connectivity index (χ4n) is 4.94. The highest BCUT2D eigenvalue weighted by Gasteiger charge is 2.42. The Balaban J connectivity index is 1.51.